The standard InChI is InChI=1S/C16H19N/c1-15(2,3)16(8-9-16)13-7-6-12-5-4-10-17-14(12)11-13/h4-7,10-11H,8-9H2,1-3H3. The van der Waals surface area contributed by atoms with Crippen molar-refractivity contribution >= 4 is 10.9 Å². The molecule has 1 aliphatic rings. The van der Waals surface area contributed by atoms with Gasteiger partial charge in [-0.3, -0.25) is 4.98 Å². The number of fused-ring (bicyclic) bond motifs is 1. The fraction of sp³-hybridized carbons (Fsp3) is 0.438. The first-order valence-corrected chi connectivity index (χ1v) is 6.38. The highest BCUT2D eigenvalue weighted by Gasteiger charge is 2.52. The highest BCUT2D eigenvalue weighted by molar-refractivity contribution is 5.79. The molecular formula is C16H19N. The van der Waals surface area contributed by atoms with Crippen LogP contribution in [0.4, 0.5) is 0 Å². The fourth-order valence-corrected chi connectivity index (χ4v) is 2.96. The molecule has 0 bridgehead atoms. The van der Waals surface area contributed by atoms with Crippen molar-refractivity contribution in [2.75, 3.05) is 0 Å². The SMILES string of the molecule is CC(C)(C)C1(c2ccc3cccnc3c2)CC1. The van der Waals surface area contributed by atoms with E-state index in [0.29, 0.717) is 10.8 Å². The molecule has 2 aromatic rings. The topological polar surface area (TPSA) is 12.9 Å². The van der Waals surface area contributed by atoms with Crippen LogP contribution in [0.1, 0.15) is 39.2 Å². The lowest BCUT2D eigenvalue weighted by atomic mass is 9.73. The van der Waals surface area contributed by atoms with Gasteiger partial charge in [0.25, 0.3) is 0 Å². The summed E-state index contributed by atoms with van der Waals surface area (Å²) in [5.74, 6) is 0. The van der Waals surface area contributed by atoms with Crippen molar-refractivity contribution < 1.29 is 0 Å². The summed E-state index contributed by atoms with van der Waals surface area (Å²) in [6.07, 6.45) is 4.51. The van der Waals surface area contributed by atoms with Crippen LogP contribution in [0.15, 0.2) is 36.5 Å². The molecule has 0 N–H and O–H groups in total. The van der Waals surface area contributed by atoms with E-state index in [0.717, 1.165) is 5.52 Å². The van der Waals surface area contributed by atoms with E-state index in [1.54, 1.807) is 0 Å². The molecule has 0 aliphatic heterocycles. The Morgan fingerprint density at radius 1 is 1.12 bits per heavy atom. The van der Waals surface area contributed by atoms with Gasteiger partial charge < -0.3 is 0 Å². The summed E-state index contributed by atoms with van der Waals surface area (Å²) >= 11 is 0. The zero-order valence-corrected chi connectivity index (χ0v) is 10.8. The highest BCUT2D eigenvalue weighted by Crippen LogP contribution is 2.59. The zero-order chi connectivity index (χ0) is 12.1. The first-order valence-electron chi connectivity index (χ1n) is 6.38. The number of rotatable bonds is 1. The summed E-state index contributed by atoms with van der Waals surface area (Å²) < 4.78 is 0. The Kier molecular flexibility index (Phi) is 2.10. The molecule has 17 heavy (non-hydrogen) atoms. The summed E-state index contributed by atoms with van der Waals surface area (Å²) in [6, 6.07) is 10.9. The Bertz CT molecular complexity index is 559. The van der Waals surface area contributed by atoms with Crippen LogP contribution >= 0.6 is 0 Å². The molecule has 1 fully saturated rings. The van der Waals surface area contributed by atoms with Crippen LogP contribution in [0, 0.1) is 5.41 Å². The van der Waals surface area contributed by atoms with Crippen LogP contribution in [0.5, 0.6) is 0 Å². The van der Waals surface area contributed by atoms with Crippen LogP contribution in [0.3, 0.4) is 0 Å². The van der Waals surface area contributed by atoms with Crippen LogP contribution in [0.2, 0.25) is 0 Å². The Morgan fingerprint density at radius 2 is 1.88 bits per heavy atom. The Hall–Kier alpha value is -1.37. The highest BCUT2D eigenvalue weighted by atomic mass is 14.6. The molecule has 1 saturated carbocycles. The number of aromatic nitrogens is 1. The number of hydrogen-bond acceptors (Lipinski definition) is 1. The van der Waals surface area contributed by atoms with Crippen LogP contribution in [0.25, 0.3) is 10.9 Å². The minimum atomic E-state index is 0.343. The Balaban J connectivity index is 2.13. The summed E-state index contributed by atoms with van der Waals surface area (Å²) in [5, 5.41) is 1.24. The molecule has 0 amide bonds. The maximum absolute atomic E-state index is 4.47. The van der Waals surface area contributed by atoms with Gasteiger partial charge >= 0.3 is 0 Å². The van der Waals surface area contributed by atoms with Gasteiger partial charge in [0.15, 0.2) is 0 Å². The summed E-state index contributed by atoms with van der Waals surface area (Å²) in [5.41, 5.74) is 3.32. The lowest BCUT2D eigenvalue weighted by Crippen LogP contribution is -2.26. The molecular weight excluding hydrogens is 206 g/mol. The van der Waals surface area contributed by atoms with E-state index in [2.05, 4.69) is 50.0 Å². The van der Waals surface area contributed by atoms with Gasteiger partial charge in [0.05, 0.1) is 5.52 Å². The van der Waals surface area contributed by atoms with Gasteiger partial charge in [-0.05, 0) is 36.0 Å². The summed E-state index contributed by atoms with van der Waals surface area (Å²) in [6.45, 7) is 7.05. The third kappa shape index (κ3) is 1.56. The minimum Gasteiger partial charge on any atom is -0.256 e. The average molecular weight is 225 g/mol. The largest absolute Gasteiger partial charge is 0.256 e. The normalized spacial score (nSPS) is 18.3. The van der Waals surface area contributed by atoms with E-state index in [1.807, 2.05) is 12.3 Å². The van der Waals surface area contributed by atoms with E-state index in [-0.39, 0.29) is 0 Å². The number of benzene rings is 1. The molecule has 0 atom stereocenters. The molecule has 1 heterocycles. The van der Waals surface area contributed by atoms with E-state index in [4.69, 9.17) is 0 Å². The van der Waals surface area contributed by atoms with Crippen molar-refractivity contribution in [3.05, 3.63) is 42.1 Å². The molecule has 3 rings (SSSR count). The van der Waals surface area contributed by atoms with Crippen LogP contribution in [-0.2, 0) is 5.41 Å². The first-order chi connectivity index (χ1) is 8.03. The maximum atomic E-state index is 4.47. The molecule has 0 radical (unpaired) electrons. The quantitative estimate of drug-likeness (QED) is 0.704. The van der Waals surface area contributed by atoms with Crippen LogP contribution in [-0.4, -0.2) is 4.98 Å². The second kappa shape index (κ2) is 3.32. The monoisotopic (exact) mass is 225 g/mol. The third-order valence-corrected chi connectivity index (χ3v) is 4.34. The van der Waals surface area contributed by atoms with E-state index >= 15 is 0 Å². The molecule has 1 heteroatoms. The molecule has 0 spiro atoms. The van der Waals surface area contributed by atoms with Gasteiger partial charge in [-0.15, -0.1) is 0 Å². The number of hydrogen-bond donors (Lipinski definition) is 0. The van der Waals surface area contributed by atoms with E-state index < -0.39 is 0 Å². The fourth-order valence-electron chi connectivity index (χ4n) is 2.96. The zero-order valence-electron chi connectivity index (χ0n) is 10.8. The van der Waals surface area contributed by atoms with E-state index in [9.17, 15) is 0 Å². The lowest BCUT2D eigenvalue weighted by molar-refractivity contribution is 0.299. The van der Waals surface area contributed by atoms with Gasteiger partial charge in [-0.2, -0.15) is 0 Å². The van der Waals surface area contributed by atoms with Gasteiger partial charge in [-0.1, -0.05) is 39.0 Å². The average Bonchev–Trinajstić information content (AvgIpc) is 3.09. The van der Waals surface area contributed by atoms with Crippen molar-refractivity contribution in [1.82, 2.24) is 4.98 Å². The van der Waals surface area contributed by atoms with E-state index in [1.165, 1.54) is 23.8 Å². The van der Waals surface area contributed by atoms with Crippen LogP contribution < -0.4 is 0 Å². The van der Waals surface area contributed by atoms with Crippen molar-refractivity contribution in [2.24, 2.45) is 5.41 Å². The van der Waals surface area contributed by atoms with Gasteiger partial charge in [0, 0.05) is 17.0 Å². The second-order valence-electron chi connectivity index (χ2n) is 6.24. The smallest absolute Gasteiger partial charge is 0.0704 e. The third-order valence-electron chi connectivity index (χ3n) is 4.34. The van der Waals surface area contributed by atoms with Crippen molar-refractivity contribution in [1.29, 1.82) is 0 Å². The first kappa shape index (κ1) is 10.8. The molecule has 1 nitrogen and oxygen atoms in total. The maximum Gasteiger partial charge on any atom is 0.0704 e. The summed E-state index contributed by atoms with van der Waals surface area (Å²) in [7, 11) is 0. The second-order valence-corrected chi connectivity index (χ2v) is 6.24. The van der Waals surface area contributed by atoms with Crippen molar-refractivity contribution in [3.8, 4) is 0 Å². The molecule has 0 saturated heterocycles. The molecule has 1 aromatic carbocycles. The Morgan fingerprint density at radius 3 is 2.53 bits per heavy atom. The van der Waals surface area contributed by atoms with Crippen molar-refractivity contribution in [2.45, 2.75) is 39.0 Å². The predicted molar refractivity (Wildman–Crippen MR) is 72.1 cm³/mol. The number of nitrogens with zero attached hydrogens (tertiary/aromatic N) is 1. The molecule has 88 valence electrons. The predicted octanol–water partition coefficient (Wildman–Crippen LogP) is 4.31. The van der Waals surface area contributed by atoms with Crippen molar-refractivity contribution in [3.63, 3.8) is 0 Å². The van der Waals surface area contributed by atoms with Gasteiger partial charge in [-0.25, -0.2) is 0 Å². The molecule has 0 unspecified atom stereocenters. The molecule has 1 aliphatic carbocycles. The lowest BCUT2D eigenvalue weighted by Gasteiger charge is -2.31. The van der Waals surface area contributed by atoms with Gasteiger partial charge in [0.1, 0.15) is 0 Å². The Labute approximate surface area is 103 Å². The summed E-state index contributed by atoms with van der Waals surface area (Å²) in [4.78, 5) is 4.47. The minimum absolute atomic E-state index is 0.343. The molecule has 1 aromatic heterocycles. The van der Waals surface area contributed by atoms with Gasteiger partial charge in [0.2, 0.25) is 0 Å². The number of pyridine rings is 1.